The molecule has 0 bridgehead atoms. The fourth-order valence-electron chi connectivity index (χ4n) is 2.68. The first-order chi connectivity index (χ1) is 11.3. The highest BCUT2D eigenvalue weighted by Gasteiger charge is 2.17. The minimum atomic E-state index is 0.0319. The Morgan fingerprint density at radius 1 is 1.21 bits per heavy atom. The van der Waals surface area contributed by atoms with Gasteiger partial charge in [-0.15, -0.1) is 11.3 Å². The van der Waals surface area contributed by atoms with Crippen LogP contribution in [0.25, 0.3) is 0 Å². The van der Waals surface area contributed by atoms with Gasteiger partial charge in [0.1, 0.15) is 4.34 Å². The van der Waals surface area contributed by atoms with E-state index in [1.807, 2.05) is 13.2 Å². The van der Waals surface area contributed by atoms with Crippen LogP contribution in [0.4, 0.5) is 5.69 Å². The highest BCUT2D eigenvalue weighted by Crippen LogP contribution is 2.33. The van der Waals surface area contributed by atoms with E-state index in [2.05, 4.69) is 56.2 Å². The number of rotatable bonds is 6. The van der Waals surface area contributed by atoms with Gasteiger partial charge in [-0.2, -0.15) is 0 Å². The van der Waals surface area contributed by atoms with Crippen molar-refractivity contribution in [2.45, 2.75) is 57.2 Å². The lowest BCUT2D eigenvalue weighted by molar-refractivity contribution is -0.115. The summed E-state index contributed by atoms with van der Waals surface area (Å²) in [5.41, 5.74) is 4.33. The fraction of sp³-hybridized carbons (Fsp3) is 0.474. The van der Waals surface area contributed by atoms with Gasteiger partial charge < -0.3 is 5.32 Å². The van der Waals surface area contributed by atoms with Crippen LogP contribution in [0.3, 0.4) is 0 Å². The smallest absolute Gasteiger partial charge is 0.229 e. The number of aromatic nitrogens is 1. The number of nitrogens with zero attached hydrogens (tertiary/aromatic N) is 1. The molecule has 24 heavy (non-hydrogen) atoms. The molecule has 1 aromatic heterocycles. The van der Waals surface area contributed by atoms with Crippen LogP contribution < -0.4 is 5.32 Å². The number of carbonyl (C=O) groups is 1. The number of anilines is 1. The summed E-state index contributed by atoms with van der Waals surface area (Å²) in [6.45, 7) is 10.6. The third-order valence-electron chi connectivity index (χ3n) is 4.01. The van der Waals surface area contributed by atoms with Gasteiger partial charge in [-0.25, -0.2) is 4.98 Å². The Bertz CT molecular complexity index is 694. The summed E-state index contributed by atoms with van der Waals surface area (Å²) in [6, 6.07) is 6.30. The average Bonchev–Trinajstić information content (AvgIpc) is 2.87. The van der Waals surface area contributed by atoms with E-state index in [4.69, 9.17) is 0 Å². The minimum Gasteiger partial charge on any atom is -0.325 e. The molecule has 1 amide bonds. The first-order valence-corrected chi connectivity index (χ1v) is 10.3. The summed E-state index contributed by atoms with van der Waals surface area (Å²) in [6.07, 6.45) is 2.39. The maximum Gasteiger partial charge on any atom is 0.229 e. The Morgan fingerprint density at radius 2 is 1.79 bits per heavy atom. The fourth-order valence-corrected chi connectivity index (χ4v) is 4.33. The monoisotopic (exact) mass is 362 g/mol. The molecule has 0 saturated heterocycles. The van der Waals surface area contributed by atoms with E-state index in [0.717, 1.165) is 20.6 Å². The average molecular weight is 363 g/mol. The second-order valence-corrected chi connectivity index (χ2v) is 8.68. The van der Waals surface area contributed by atoms with Gasteiger partial charge in [0, 0.05) is 10.6 Å². The number of para-hydroxylation sites is 1. The molecule has 5 heteroatoms. The van der Waals surface area contributed by atoms with E-state index in [1.165, 1.54) is 11.1 Å². The molecule has 0 spiro atoms. The molecule has 0 saturated carbocycles. The summed E-state index contributed by atoms with van der Waals surface area (Å²) >= 11 is 3.23. The van der Waals surface area contributed by atoms with Crippen molar-refractivity contribution < 1.29 is 4.79 Å². The zero-order chi connectivity index (χ0) is 17.9. The summed E-state index contributed by atoms with van der Waals surface area (Å²) in [7, 11) is 0. The lowest BCUT2D eigenvalue weighted by atomic mass is 9.92. The van der Waals surface area contributed by atoms with Gasteiger partial charge in [0.2, 0.25) is 5.91 Å². The number of thioether (sulfide) groups is 1. The van der Waals surface area contributed by atoms with Crippen LogP contribution in [-0.4, -0.2) is 17.1 Å². The molecule has 2 rings (SSSR count). The highest BCUT2D eigenvalue weighted by molar-refractivity contribution is 8.00. The first-order valence-electron chi connectivity index (χ1n) is 8.26. The number of benzene rings is 1. The van der Waals surface area contributed by atoms with Crippen LogP contribution in [-0.2, 0) is 11.2 Å². The number of nitrogens with one attached hydrogen (secondary N) is 1. The molecular formula is C19H26N2OS2. The Balaban J connectivity index is 2.26. The standard InChI is InChI=1S/C19H26N2OS2/c1-11(2)14-8-7-9-15(12(3)4)18(14)21-17(22)10-16-13(5)20-19(23-6)24-16/h7-9,11-12H,10H2,1-6H3,(H,21,22). The zero-order valence-electron chi connectivity index (χ0n) is 15.3. The third kappa shape index (κ3) is 4.39. The Morgan fingerprint density at radius 3 is 2.25 bits per heavy atom. The molecule has 0 aliphatic carbocycles. The molecule has 130 valence electrons. The maximum atomic E-state index is 12.6. The molecule has 3 nitrogen and oxygen atoms in total. The van der Waals surface area contributed by atoms with Crippen LogP contribution in [0.15, 0.2) is 22.5 Å². The molecular weight excluding hydrogens is 336 g/mol. The van der Waals surface area contributed by atoms with Gasteiger partial charge in [-0.05, 0) is 36.1 Å². The van der Waals surface area contributed by atoms with Crippen molar-refractivity contribution in [2.24, 2.45) is 0 Å². The lowest BCUT2D eigenvalue weighted by Gasteiger charge is -2.20. The van der Waals surface area contributed by atoms with E-state index in [1.54, 1.807) is 23.1 Å². The van der Waals surface area contributed by atoms with Crippen LogP contribution in [0.5, 0.6) is 0 Å². The van der Waals surface area contributed by atoms with Crippen LogP contribution in [0.2, 0.25) is 0 Å². The molecule has 1 N–H and O–H groups in total. The SMILES string of the molecule is CSc1nc(C)c(CC(=O)Nc2c(C(C)C)cccc2C(C)C)s1. The second-order valence-electron chi connectivity index (χ2n) is 6.54. The number of amides is 1. The van der Waals surface area contributed by atoms with Crippen LogP contribution in [0.1, 0.15) is 61.2 Å². The molecule has 0 atom stereocenters. The molecule has 2 aromatic rings. The topological polar surface area (TPSA) is 42.0 Å². The largest absolute Gasteiger partial charge is 0.325 e. The Kier molecular flexibility index (Phi) is 6.47. The quantitative estimate of drug-likeness (QED) is 0.680. The summed E-state index contributed by atoms with van der Waals surface area (Å²) in [5, 5.41) is 3.18. The minimum absolute atomic E-state index is 0.0319. The summed E-state index contributed by atoms with van der Waals surface area (Å²) < 4.78 is 1.01. The summed E-state index contributed by atoms with van der Waals surface area (Å²) in [5.74, 6) is 0.767. The van der Waals surface area contributed by atoms with Crippen molar-refractivity contribution in [3.8, 4) is 0 Å². The van der Waals surface area contributed by atoms with Crippen molar-refractivity contribution in [1.29, 1.82) is 0 Å². The van der Waals surface area contributed by atoms with Crippen LogP contribution >= 0.6 is 23.1 Å². The number of carbonyl (C=O) groups excluding carboxylic acids is 1. The van der Waals surface area contributed by atoms with Crippen molar-refractivity contribution in [2.75, 3.05) is 11.6 Å². The predicted octanol–water partition coefficient (Wildman–Crippen LogP) is 5.60. The Hall–Kier alpha value is -1.33. The van der Waals surface area contributed by atoms with E-state index >= 15 is 0 Å². The maximum absolute atomic E-state index is 12.6. The lowest BCUT2D eigenvalue weighted by Crippen LogP contribution is -2.17. The van der Waals surface area contributed by atoms with Crippen molar-refractivity contribution >= 4 is 34.7 Å². The molecule has 0 fully saturated rings. The Labute approximate surface area is 153 Å². The van der Waals surface area contributed by atoms with E-state index in [-0.39, 0.29) is 5.91 Å². The van der Waals surface area contributed by atoms with Gasteiger partial charge >= 0.3 is 0 Å². The normalized spacial score (nSPS) is 11.3. The van der Waals surface area contributed by atoms with E-state index < -0.39 is 0 Å². The highest BCUT2D eigenvalue weighted by atomic mass is 32.2. The number of aryl methyl sites for hydroxylation is 1. The number of hydrogen-bond donors (Lipinski definition) is 1. The van der Waals surface area contributed by atoms with Crippen LogP contribution in [0, 0.1) is 6.92 Å². The van der Waals surface area contributed by atoms with Gasteiger partial charge in [0.15, 0.2) is 0 Å². The van der Waals surface area contributed by atoms with Crippen molar-refractivity contribution in [1.82, 2.24) is 4.98 Å². The van der Waals surface area contributed by atoms with Gasteiger partial charge in [0.25, 0.3) is 0 Å². The van der Waals surface area contributed by atoms with Crippen molar-refractivity contribution in [3.63, 3.8) is 0 Å². The molecule has 0 aliphatic rings. The second kappa shape index (κ2) is 8.17. The van der Waals surface area contributed by atoms with E-state index in [0.29, 0.717) is 18.3 Å². The molecule has 0 aliphatic heterocycles. The number of thiazole rings is 1. The molecule has 1 aromatic carbocycles. The zero-order valence-corrected chi connectivity index (χ0v) is 16.9. The predicted molar refractivity (Wildman–Crippen MR) is 106 cm³/mol. The third-order valence-corrected chi connectivity index (χ3v) is 6.15. The summed E-state index contributed by atoms with van der Waals surface area (Å²) in [4.78, 5) is 18.2. The number of hydrogen-bond acceptors (Lipinski definition) is 4. The van der Waals surface area contributed by atoms with E-state index in [9.17, 15) is 4.79 Å². The van der Waals surface area contributed by atoms with Gasteiger partial charge in [-0.3, -0.25) is 4.79 Å². The molecule has 0 radical (unpaired) electrons. The molecule has 0 unspecified atom stereocenters. The van der Waals surface area contributed by atoms with Gasteiger partial charge in [-0.1, -0.05) is 57.7 Å². The van der Waals surface area contributed by atoms with Crippen molar-refractivity contribution in [3.05, 3.63) is 39.9 Å². The first kappa shape index (κ1) is 19.0. The molecule has 1 heterocycles. The van der Waals surface area contributed by atoms with Gasteiger partial charge in [0.05, 0.1) is 12.1 Å².